The Morgan fingerprint density at radius 3 is 2.14 bits per heavy atom. The predicted octanol–water partition coefficient (Wildman–Crippen LogP) is 2.89. The molecule has 3 N–H and O–H groups in total. The number of hydrogen-bond acceptors (Lipinski definition) is 3. The molecule has 0 bridgehead atoms. The molecule has 0 aromatic heterocycles. The molecular weight excluding hydrogens is 270 g/mol. The first-order valence-electron chi connectivity index (χ1n) is 7.60. The number of allylic oxidation sites excluding steroid dienone is 1. The van der Waals surface area contributed by atoms with Gasteiger partial charge in [0.1, 0.15) is 0 Å². The van der Waals surface area contributed by atoms with Crippen LogP contribution >= 0.6 is 0 Å². The molecule has 22 heavy (non-hydrogen) atoms. The number of hydrogen-bond donors (Lipinski definition) is 3. The lowest BCUT2D eigenvalue weighted by molar-refractivity contribution is 0.538. The molecule has 1 aliphatic rings. The van der Waals surface area contributed by atoms with Crippen molar-refractivity contribution in [1.82, 2.24) is 16.0 Å². The Labute approximate surface area is 131 Å². The van der Waals surface area contributed by atoms with Crippen molar-refractivity contribution in [2.75, 3.05) is 0 Å². The Balaban J connectivity index is 1.52. The second kappa shape index (κ2) is 7.48. The Morgan fingerprint density at radius 2 is 1.45 bits per heavy atom. The minimum Gasteiger partial charge on any atom is -0.381 e. The van der Waals surface area contributed by atoms with Crippen LogP contribution < -0.4 is 16.0 Å². The van der Waals surface area contributed by atoms with Gasteiger partial charge >= 0.3 is 0 Å². The summed E-state index contributed by atoms with van der Waals surface area (Å²) in [4.78, 5) is 0. The van der Waals surface area contributed by atoms with E-state index in [0.29, 0.717) is 0 Å². The summed E-state index contributed by atoms with van der Waals surface area (Å²) in [6.45, 7) is 1.68. The lowest BCUT2D eigenvalue weighted by Crippen LogP contribution is -2.40. The molecular formula is C19H21N3. The fraction of sp³-hybridized carbons (Fsp3) is 0.158. The fourth-order valence-electron chi connectivity index (χ4n) is 2.38. The van der Waals surface area contributed by atoms with Crippen molar-refractivity contribution in [3.8, 4) is 0 Å². The molecule has 1 aliphatic heterocycles. The highest BCUT2D eigenvalue weighted by Gasteiger charge is 2.07. The monoisotopic (exact) mass is 291 g/mol. The summed E-state index contributed by atoms with van der Waals surface area (Å²) in [5.41, 5.74) is 3.70. The van der Waals surface area contributed by atoms with Gasteiger partial charge in [-0.15, -0.1) is 0 Å². The van der Waals surface area contributed by atoms with Crippen molar-refractivity contribution in [2.45, 2.75) is 19.3 Å². The maximum absolute atomic E-state index is 3.49. The highest BCUT2D eigenvalue weighted by Crippen LogP contribution is 2.05. The van der Waals surface area contributed by atoms with E-state index in [9.17, 15) is 0 Å². The van der Waals surface area contributed by atoms with Gasteiger partial charge in [0.05, 0.1) is 6.17 Å². The van der Waals surface area contributed by atoms with E-state index in [1.807, 2.05) is 18.3 Å². The third-order valence-electron chi connectivity index (χ3n) is 3.59. The molecule has 0 aliphatic carbocycles. The molecule has 0 spiro atoms. The molecule has 3 rings (SSSR count). The molecule has 3 heteroatoms. The molecule has 1 unspecified atom stereocenters. The van der Waals surface area contributed by atoms with Crippen LogP contribution in [0.15, 0.2) is 84.7 Å². The number of dihydropyridines is 1. The van der Waals surface area contributed by atoms with Gasteiger partial charge in [-0.3, -0.25) is 5.32 Å². The molecule has 0 fully saturated rings. The van der Waals surface area contributed by atoms with E-state index >= 15 is 0 Å². The van der Waals surface area contributed by atoms with E-state index in [2.05, 4.69) is 76.6 Å². The minimum atomic E-state index is 0.142. The average Bonchev–Trinajstić information content (AvgIpc) is 2.60. The smallest absolute Gasteiger partial charge is 0.0982 e. The summed E-state index contributed by atoms with van der Waals surface area (Å²) in [6.07, 6.45) is 6.36. The lowest BCUT2D eigenvalue weighted by atomic mass is 10.2. The van der Waals surface area contributed by atoms with Gasteiger partial charge in [-0.25, -0.2) is 0 Å². The van der Waals surface area contributed by atoms with Crippen LogP contribution in [0.4, 0.5) is 0 Å². The fourth-order valence-corrected chi connectivity index (χ4v) is 2.38. The van der Waals surface area contributed by atoms with Gasteiger partial charge in [0.25, 0.3) is 0 Å². The van der Waals surface area contributed by atoms with Crippen molar-refractivity contribution < 1.29 is 0 Å². The Morgan fingerprint density at radius 1 is 0.818 bits per heavy atom. The number of benzene rings is 2. The molecule has 2 aromatic carbocycles. The first-order chi connectivity index (χ1) is 10.9. The van der Waals surface area contributed by atoms with Crippen molar-refractivity contribution >= 4 is 0 Å². The zero-order valence-electron chi connectivity index (χ0n) is 12.5. The van der Waals surface area contributed by atoms with Gasteiger partial charge in [-0.1, -0.05) is 60.7 Å². The van der Waals surface area contributed by atoms with E-state index in [0.717, 1.165) is 18.8 Å². The van der Waals surface area contributed by atoms with Crippen LogP contribution in [0.5, 0.6) is 0 Å². The highest BCUT2D eigenvalue weighted by atomic mass is 15.1. The lowest BCUT2D eigenvalue weighted by Gasteiger charge is -2.21. The topological polar surface area (TPSA) is 36.1 Å². The molecule has 0 saturated heterocycles. The molecule has 1 atom stereocenters. The maximum Gasteiger partial charge on any atom is 0.0982 e. The van der Waals surface area contributed by atoms with Crippen molar-refractivity contribution in [3.05, 3.63) is 95.8 Å². The van der Waals surface area contributed by atoms with Crippen LogP contribution in [0.1, 0.15) is 11.1 Å². The largest absolute Gasteiger partial charge is 0.381 e. The average molecular weight is 291 g/mol. The Hall–Kier alpha value is -2.52. The van der Waals surface area contributed by atoms with Crippen molar-refractivity contribution in [1.29, 1.82) is 0 Å². The van der Waals surface area contributed by atoms with Gasteiger partial charge in [-0.2, -0.15) is 0 Å². The summed E-state index contributed by atoms with van der Waals surface area (Å²) in [6, 6.07) is 20.8. The third kappa shape index (κ3) is 4.24. The Bertz CT molecular complexity index is 632. The van der Waals surface area contributed by atoms with Crippen LogP contribution in [-0.2, 0) is 13.1 Å². The third-order valence-corrected chi connectivity index (χ3v) is 3.59. The summed E-state index contributed by atoms with van der Waals surface area (Å²) in [7, 11) is 0. The maximum atomic E-state index is 3.49. The number of rotatable bonds is 6. The SMILES string of the molecule is C1=CC(NCc2ccccc2)=CC(NCc2ccccc2)N1. The molecule has 1 heterocycles. The van der Waals surface area contributed by atoms with E-state index in [-0.39, 0.29) is 6.17 Å². The van der Waals surface area contributed by atoms with Crippen LogP contribution in [0.2, 0.25) is 0 Å². The van der Waals surface area contributed by atoms with Crippen LogP contribution in [-0.4, -0.2) is 6.17 Å². The van der Waals surface area contributed by atoms with Crippen LogP contribution in [0, 0.1) is 0 Å². The minimum absolute atomic E-state index is 0.142. The van der Waals surface area contributed by atoms with E-state index in [4.69, 9.17) is 0 Å². The summed E-state index contributed by atoms with van der Waals surface area (Å²) in [5, 5.41) is 10.3. The van der Waals surface area contributed by atoms with E-state index in [1.165, 1.54) is 11.1 Å². The van der Waals surface area contributed by atoms with Crippen molar-refractivity contribution in [2.24, 2.45) is 0 Å². The summed E-state index contributed by atoms with van der Waals surface area (Å²) < 4.78 is 0. The molecule has 0 amide bonds. The normalized spacial score (nSPS) is 16.7. The zero-order valence-corrected chi connectivity index (χ0v) is 12.5. The second-order valence-corrected chi connectivity index (χ2v) is 5.31. The molecule has 3 nitrogen and oxygen atoms in total. The van der Waals surface area contributed by atoms with Gasteiger partial charge in [-0.05, 0) is 29.5 Å². The second-order valence-electron chi connectivity index (χ2n) is 5.31. The summed E-state index contributed by atoms with van der Waals surface area (Å²) >= 11 is 0. The molecule has 112 valence electrons. The van der Waals surface area contributed by atoms with Gasteiger partial charge < -0.3 is 10.6 Å². The number of nitrogens with one attached hydrogen (secondary N) is 3. The van der Waals surface area contributed by atoms with Gasteiger partial charge in [0.2, 0.25) is 0 Å². The first-order valence-corrected chi connectivity index (χ1v) is 7.60. The molecule has 2 aromatic rings. The first kappa shape index (κ1) is 14.4. The quantitative estimate of drug-likeness (QED) is 0.766. The van der Waals surface area contributed by atoms with E-state index < -0.39 is 0 Å². The van der Waals surface area contributed by atoms with Crippen LogP contribution in [0.25, 0.3) is 0 Å². The zero-order chi connectivity index (χ0) is 15.0. The van der Waals surface area contributed by atoms with Crippen molar-refractivity contribution in [3.63, 3.8) is 0 Å². The highest BCUT2D eigenvalue weighted by molar-refractivity contribution is 5.25. The van der Waals surface area contributed by atoms with E-state index in [1.54, 1.807) is 0 Å². The Kier molecular flexibility index (Phi) is 4.90. The molecule has 0 saturated carbocycles. The standard InChI is InChI=1S/C19H21N3/c1-3-7-16(8-4-1)14-21-18-11-12-20-19(13-18)22-15-17-9-5-2-6-10-17/h1-13,19-22H,14-15H2. The van der Waals surface area contributed by atoms with Crippen LogP contribution in [0.3, 0.4) is 0 Å². The summed E-state index contributed by atoms with van der Waals surface area (Å²) in [5.74, 6) is 0. The van der Waals surface area contributed by atoms with Gasteiger partial charge in [0, 0.05) is 18.8 Å². The predicted molar refractivity (Wildman–Crippen MR) is 90.7 cm³/mol. The molecule has 0 radical (unpaired) electrons. The van der Waals surface area contributed by atoms with Gasteiger partial charge in [0.15, 0.2) is 0 Å².